The van der Waals surface area contributed by atoms with Crippen molar-refractivity contribution in [3.8, 4) is 5.69 Å². The predicted octanol–water partition coefficient (Wildman–Crippen LogP) is 3.92. The summed E-state index contributed by atoms with van der Waals surface area (Å²) in [4.78, 5) is 34.7. The summed E-state index contributed by atoms with van der Waals surface area (Å²) in [7, 11) is 1.33. The van der Waals surface area contributed by atoms with Crippen LogP contribution < -0.4 is 11.1 Å². The van der Waals surface area contributed by atoms with Crippen LogP contribution in [0.5, 0.6) is 0 Å². The van der Waals surface area contributed by atoms with Crippen LogP contribution in [0, 0.1) is 0 Å². The standard InChI is InChI=1S/C27H23N5O3/c1-35-27(34)18-11-13-19(14-12-18)32-24(28)22(26(33)29-16-15-17-7-3-2-4-8-17)23-25(32)31-21-10-6-5-9-20(21)30-23/h2-14H,15-16,28H2,1H3,(H,29,33). The quantitative estimate of drug-likeness (QED) is 0.368. The summed E-state index contributed by atoms with van der Waals surface area (Å²) in [6.07, 6.45) is 0.689. The maximum absolute atomic E-state index is 13.3. The van der Waals surface area contributed by atoms with Gasteiger partial charge in [-0.2, -0.15) is 0 Å². The highest BCUT2D eigenvalue weighted by Crippen LogP contribution is 2.31. The van der Waals surface area contributed by atoms with Gasteiger partial charge in [-0.1, -0.05) is 42.5 Å². The van der Waals surface area contributed by atoms with Gasteiger partial charge in [0, 0.05) is 12.2 Å². The number of nitrogens with one attached hydrogen (secondary N) is 1. The number of rotatable bonds is 6. The van der Waals surface area contributed by atoms with Crippen LogP contribution in [-0.2, 0) is 11.2 Å². The van der Waals surface area contributed by atoms with Gasteiger partial charge in [0.1, 0.15) is 16.9 Å². The second-order valence-corrected chi connectivity index (χ2v) is 8.01. The number of hydrogen-bond donors (Lipinski definition) is 2. The van der Waals surface area contributed by atoms with Gasteiger partial charge in [0.15, 0.2) is 5.65 Å². The van der Waals surface area contributed by atoms with E-state index < -0.39 is 5.97 Å². The number of carbonyl (C=O) groups excluding carboxylic acids is 2. The SMILES string of the molecule is COC(=O)c1ccc(-n2c(N)c(C(=O)NCCc3ccccc3)c3nc4ccccc4nc32)cc1. The van der Waals surface area contributed by atoms with Gasteiger partial charge in [-0.25, -0.2) is 14.8 Å². The van der Waals surface area contributed by atoms with E-state index in [1.807, 2.05) is 54.6 Å². The molecule has 8 nitrogen and oxygen atoms in total. The molecule has 0 aliphatic heterocycles. The number of nitrogen functional groups attached to an aromatic ring is 1. The maximum atomic E-state index is 13.3. The number of methoxy groups -OCH3 is 1. The van der Waals surface area contributed by atoms with Crippen LogP contribution in [0.2, 0.25) is 0 Å². The first-order valence-corrected chi connectivity index (χ1v) is 11.1. The van der Waals surface area contributed by atoms with Gasteiger partial charge in [-0.15, -0.1) is 0 Å². The highest BCUT2D eigenvalue weighted by atomic mass is 16.5. The Kier molecular flexibility index (Phi) is 5.85. The van der Waals surface area contributed by atoms with E-state index in [-0.39, 0.29) is 17.3 Å². The molecule has 0 unspecified atom stereocenters. The molecule has 0 radical (unpaired) electrons. The summed E-state index contributed by atoms with van der Waals surface area (Å²) < 4.78 is 6.47. The van der Waals surface area contributed by atoms with E-state index in [9.17, 15) is 9.59 Å². The minimum Gasteiger partial charge on any atom is -0.465 e. The third-order valence-corrected chi connectivity index (χ3v) is 5.81. The lowest BCUT2D eigenvalue weighted by Crippen LogP contribution is -2.26. The van der Waals surface area contributed by atoms with Crippen molar-refractivity contribution in [2.75, 3.05) is 19.4 Å². The monoisotopic (exact) mass is 465 g/mol. The fourth-order valence-corrected chi connectivity index (χ4v) is 4.06. The van der Waals surface area contributed by atoms with Gasteiger partial charge in [0.25, 0.3) is 5.91 Å². The van der Waals surface area contributed by atoms with Gasteiger partial charge >= 0.3 is 5.97 Å². The van der Waals surface area contributed by atoms with E-state index in [0.717, 1.165) is 5.56 Å². The minimum absolute atomic E-state index is 0.221. The number of nitrogens with zero attached hydrogens (tertiary/aromatic N) is 3. The highest BCUT2D eigenvalue weighted by molar-refractivity contribution is 6.11. The number of esters is 1. The first-order valence-electron chi connectivity index (χ1n) is 11.1. The number of para-hydroxylation sites is 2. The van der Waals surface area contributed by atoms with Crippen molar-refractivity contribution in [3.05, 3.63) is 95.6 Å². The van der Waals surface area contributed by atoms with Crippen LogP contribution in [0.3, 0.4) is 0 Å². The molecule has 0 spiro atoms. The number of amides is 1. The number of aromatic nitrogens is 3. The number of benzene rings is 3. The summed E-state index contributed by atoms with van der Waals surface area (Å²) in [6.45, 7) is 0.448. The summed E-state index contributed by atoms with van der Waals surface area (Å²) in [5.74, 6) is -0.539. The third-order valence-electron chi connectivity index (χ3n) is 5.81. The second-order valence-electron chi connectivity index (χ2n) is 8.01. The summed E-state index contributed by atoms with van der Waals surface area (Å²) in [5, 5.41) is 2.96. The average Bonchev–Trinajstić information content (AvgIpc) is 3.18. The average molecular weight is 466 g/mol. The van der Waals surface area contributed by atoms with Crippen molar-refractivity contribution in [2.45, 2.75) is 6.42 Å². The molecule has 2 aromatic heterocycles. The predicted molar refractivity (Wildman–Crippen MR) is 135 cm³/mol. The van der Waals surface area contributed by atoms with Crippen LogP contribution in [0.25, 0.3) is 27.9 Å². The Hall–Kier alpha value is -4.72. The molecule has 174 valence electrons. The van der Waals surface area contributed by atoms with Crippen molar-refractivity contribution in [1.82, 2.24) is 19.9 Å². The number of fused-ring (bicyclic) bond motifs is 2. The zero-order chi connectivity index (χ0) is 24.4. The Bertz CT molecular complexity index is 1540. The molecular weight excluding hydrogens is 442 g/mol. The van der Waals surface area contributed by atoms with Crippen molar-refractivity contribution in [1.29, 1.82) is 0 Å². The van der Waals surface area contributed by atoms with Gasteiger partial charge in [0.2, 0.25) is 0 Å². The zero-order valence-electron chi connectivity index (χ0n) is 19.1. The van der Waals surface area contributed by atoms with E-state index in [4.69, 9.17) is 20.4 Å². The third kappa shape index (κ3) is 4.17. The molecule has 0 saturated heterocycles. The molecule has 3 N–H and O–H groups in total. The van der Waals surface area contributed by atoms with Crippen LogP contribution in [0.15, 0.2) is 78.9 Å². The topological polar surface area (TPSA) is 112 Å². The lowest BCUT2D eigenvalue weighted by Gasteiger charge is -2.09. The Morgan fingerprint density at radius 3 is 2.26 bits per heavy atom. The Balaban J connectivity index is 1.58. The van der Waals surface area contributed by atoms with Crippen molar-refractivity contribution >= 4 is 39.9 Å². The van der Waals surface area contributed by atoms with Gasteiger partial charge in [0.05, 0.1) is 23.7 Å². The van der Waals surface area contributed by atoms with Crippen LogP contribution >= 0.6 is 0 Å². The molecule has 0 aliphatic rings. The molecule has 0 aliphatic carbocycles. The molecule has 5 aromatic rings. The zero-order valence-corrected chi connectivity index (χ0v) is 19.1. The molecule has 35 heavy (non-hydrogen) atoms. The first kappa shape index (κ1) is 22.1. The van der Waals surface area contributed by atoms with E-state index >= 15 is 0 Å². The second kappa shape index (κ2) is 9.26. The Labute approximate surface area is 201 Å². The summed E-state index contributed by atoms with van der Waals surface area (Å²) in [5.41, 5.74) is 11.2. The Morgan fingerprint density at radius 2 is 1.57 bits per heavy atom. The lowest BCUT2D eigenvalue weighted by molar-refractivity contribution is 0.0600. The molecule has 5 rings (SSSR count). The summed E-state index contributed by atoms with van der Waals surface area (Å²) >= 11 is 0. The molecule has 0 atom stereocenters. The normalized spacial score (nSPS) is 11.0. The smallest absolute Gasteiger partial charge is 0.337 e. The molecule has 0 fully saturated rings. The molecule has 3 aromatic carbocycles. The van der Waals surface area contributed by atoms with Crippen molar-refractivity contribution in [3.63, 3.8) is 0 Å². The van der Waals surface area contributed by atoms with Gasteiger partial charge < -0.3 is 15.8 Å². The van der Waals surface area contributed by atoms with Crippen molar-refractivity contribution < 1.29 is 14.3 Å². The molecule has 2 heterocycles. The molecule has 1 amide bonds. The number of nitrogens with two attached hydrogens (primary N) is 1. The number of carbonyl (C=O) groups is 2. The number of anilines is 1. The molecule has 0 saturated carbocycles. The van der Waals surface area contributed by atoms with E-state index in [1.165, 1.54) is 7.11 Å². The van der Waals surface area contributed by atoms with Crippen molar-refractivity contribution in [2.24, 2.45) is 0 Å². The maximum Gasteiger partial charge on any atom is 0.337 e. The van der Waals surface area contributed by atoms with Crippen LogP contribution in [-0.4, -0.2) is 40.1 Å². The van der Waals surface area contributed by atoms with Gasteiger partial charge in [-0.05, 0) is 48.4 Å². The fraction of sp³-hybridized carbons (Fsp3) is 0.111. The fourth-order valence-electron chi connectivity index (χ4n) is 4.06. The largest absolute Gasteiger partial charge is 0.465 e. The number of ether oxygens (including phenoxy) is 1. The molecular formula is C27H23N5O3. The summed E-state index contributed by atoms with van der Waals surface area (Å²) in [6, 6.07) is 24.1. The lowest BCUT2D eigenvalue weighted by atomic mass is 10.1. The van der Waals surface area contributed by atoms with Gasteiger partial charge in [-0.3, -0.25) is 9.36 Å². The molecule has 8 heteroatoms. The van der Waals surface area contributed by atoms with E-state index in [1.54, 1.807) is 28.8 Å². The first-order chi connectivity index (χ1) is 17.1. The van der Waals surface area contributed by atoms with Crippen LogP contribution in [0.4, 0.5) is 5.82 Å². The molecule has 0 bridgehead atoms. The number of hydrogen-bond acceptors (Lipinski definition) is 6. The Morgan fingerprint density at radius 1 is 0.914 bits per heavy atom. The highest BCUT2D eigenvalue weighted by Gasteiger charge is 2.24. The van der Waals surface area contributed by atoms with E-state index in [2.05, 4.69) is 5.32 Å². The van der Waals surface area contributed by atoms with Crippen LogP contribution in [0.1, 0.15) is 26.3 Å². The minimum atomic E-state index is -0.439. The van der Waals surface area contributed by atoms with E-state index in [0.29, 0.717) is 46.4 Å².